The lowest BCUT2D eigenvalue weighted by atomic mass is 9.87. The SMILES string of the molecule is Cc1nc(N)c(C)c(NC2CCCC(C)C2)n1. The van der Waals surface area contributed by atoms with E-state index >= 15 is 0 Å². The van der Waals surface area contributed by atoms with Gasteiger partial charge in [-0.3, -0.25) is 0 Å². The van der Waals surface area contributed by atoms with Crippen molar-refractivity contribution in [1.29, 1.82) is 0 Å². The van der Waals surface area contributed by atoms with Gasteiger partial charge in [-0.05, 0) is 32.6 Å². The minimum atomic E-state index is 0.533. The molecule has 1 aliphatic rings. The smallest absolute Gasteiger partial charge is 0.134 e. The number of anilines is 2. The van der Waals surface area contributed by atoms with Gasteiger partial charge in [-0.2, -0.15) is 0 Å². The number of aryl methyl sites for hydroxylation is 1. The molecule has 3 N–H and O–H groups in total. The Morgan fingerprint density at radius 1 is 1.24 bits per heavy atom. The molecule has 2 rings (SSSR count). The van der Waals surface area contributed by atoms with Crippen LogP contribution in [0.1, 0.15) is 44.0 Å². The lowest BCUT2D eigenvalue weighted by Crippen LogP contribution is -2.27. The van der Waals surface area contributed by atoms with Crippen LogP contribution in [-0.2, 0) is 0 Å². The molecular formula is C13H22N4. The zero-order chi connectivity index (χ0) is 12.4. The third-order valence-corrected chi connectivity index (χ3v) is 3.57. The fraction of sp³-hybridized carbons (Fsp3) is 0.692. The van der Waals surface area contributed by atoms with Gasteiger partial charge in [0, 0.05) is 11.6 Å². The van der Waals surface area contributed by atoms with Crippen molar-refractivity contribution in [3.05, 3.63) is 11.4 Å². The number of nitrogen functional groups attached to an aromatic ring is 1. The Balaban J connectivity index is 2.12. The molecule has 0 saturated heterocycles. The summed E-state index contributed by atoms with van der Waals surface area (Å²) < 4.78 is 0. The van der Waals surface area contributed by atoms with Gasteiger partial charge < -0.3 is 11.1 Å². The van der Waals surface area contributed by atoms with Crippen LogP contribution < -0.4 is 11.1 Å². The number of hydrogen-bond donors (Lipinski definition) is 2. The minimum Gasteiger partial charge on any atom is -0.383 e. The number of hydrogen-bond acceptors (Lipinski definition) is 4. The average Bonchev–Trinajstić information content (AvgIpc) is 2.25. The van der Waals surface area contributed by atoms with E-state index in [0.29, 0.717) is 11.9 Å². The van der Waals surface area contributed by atoms with Crippen LogP contribution in [0.3, 0.4) is 0 Å². The Kier molecular flexibility index (Phi) is 3.50. The van der Waals surface area contributed by atoms with Crippen LogP contribution >= 0.6 is 0 Å². The summed E-state index contributed by atoms with van der Waals surface area (Å²) in [4.78, 5) is 8.62. The van der Waals surface area contributed by atoms with Crippen molar-refractivity contribution in [2.45, 2.75) is 52.5 Å². The predicted molar refractivity (Wildman–Crippen MR) is 71.0 cm³/mol. The van der Waals surface area contributed by atoms with Crippen LogP contribution in [-0.4, -0.2) is 16.0 Å². The fourth-order valence-electron chi connectivity index (χ4n) is 2.55. The Bertz CT molecular complexity index is 403. The highest BCUT2D eigenvalue weighted by Gasteiger charge is 2.20. The maximum Gasteiger partial charge on any atom is 0.134 e. The molecule has 0 aliphatic heterocycles. The van der Waals surface area contributed by atoms with Gasteiger partial charge in [-0.25, -0.2) is 9.97 Å². The molecule has 0 spiro atoms. The highest BCUT2D eigenvalue weighted by molar-refractivity contribution is 5.55. The second-order valence-corrected chi connectivity index (χ2v) is 5.24. The van der Waals surface area contributed by atoms with E-state index in [2.05, 4.69) is 22.2 Å². The average molecular weight is 234 g/mol. The molecule has 2 atom stereocenters. The van der Waals surface area contributed by atoms with Gasteiger partial charge in [-0.1, -0.05) is 19.8 Å². The molecule has 4 heteroatoms. The highest BCUT2D eigenvalue weighted by Crippen LogP contribution is 2.27. The van der Waals surface area contributed by atoms with E-state index in [1.165, 1.54) is 25.7 Å². The van der Waals surface area contributed by atoms with Crippen molar-refractivity contribution in [2.75, 3.05) is 11.1 Å². The highest BCUT2D eigenvalue weighted by atomic mass is 15.1. The van der Waals surface area contributed by atoms with E-state index < -0.39 is 0 Å². The summed E-state index contributed by atoms with van der Waals surface area (Å²) in [5, 5.41) is 3.53. The molecule has 2 unspecified atom stereocenters. The van der Waals surface area contributed by atoms with Gasteiger partial charge in [-0.15, -0.1) is 0 Å². The van der Waals surface area contributed by atoms with E-state index in [4.69, 9.17) is 5.73 Å². The van der Waals surface area contributed by atoms with Crippen LogP contribution in [0.4, 0.5) is 11.6 Å². The van der Waals surface area contributed by atoms with E-state index in [1.807, 2.05) is 13.8 Å². The molecule has 17 heavy (non-hydrogen) atoms. The molecule has 0 amide bonds. The summed E-state index contributed by atoms with van der Waals surface area (Å²) in [5.74, 6) is 3.04. The molecule has 0 radical (unpaired) electrons. The van der Waals surface area contributed by atoms with Crippen molar-refractivity contribution >= 4 is 11.6 Å². The molecule has 0 aromatic carbocycles. The Morgan fingerprint density at radius 3 is 2.71 bits per heavy atom. The van der Waals surface area contributed by atoms with Crippen LogP contribution in [0.15, 0.2) is 0 Å². The van der Waals surface area contributed by atoms with Gasteiger partial charge in [0.15, 0.2) is 0 Å². The first-order chi connectivity index (χ1) is 8.06. The first-order valence-corrected chi connectivity index (χ1v) is 6.43. The summed E-state index contributed by atoms with van der Waals surface area (Å²) in [5.41, 5.74) is 6.83. The van der Waals surface area contributed by atoms with Crippen LogP contribution in [0, 0.1) is 19.8 Å². The standard InChI is InChI=1S/C13H22N4/c1-8-5-4-6-11(7-8)17-13-9(2)12(14)15-10(3)16-13/h8,11H,4-7H2,1-3H3,(H3,14,15,16,17). The lowest BCUT2D eigenvalue weighted by Gasteiger charge is -2.28. The quantitative estimate of drug-likeness (QED) is 0.825. The van der Waals surface area contributed by atoms with Crippen molar-refractivity contribution in [1.82, 2.24) is 9.97 Å². The molecule has 0 bridgehead atoms. The largest absolute Gasteiger partial charge is 0.383 e. The molecule has 94 valence electrons. The van der Waals surface area contributed by atoms with Crippen molar-refractivity contribution in [2.24, 2.45) is 5.92 Å². The van der Waals surface area contributed by atoms with Crippen LogP contribution in [0.2, 0.25) is 0 Å². The zero-order valence-electron chi connectivity index (χ0n) is 11.0. The molecule has 1 heterocycles. The van der Waals surface area contributed by atoms with Gasteiger partial charge in [0.2, 0.25) is 0 Å². The van der Waals surface area contributed by atoms with Crippen molar-refractivity contribution in [3.8, 4) is 0 Å². The number of nitrogens with one attached hydrogen (secondary N) is 1. The Labute approximate surface area is 103 Å². The first-order valence-electron chi connectivity index (χ1n) is 6.43. The van der Waals surface area contributed by atoms with E-state index in [9.17, 15) is 0 Å². The summed E-state index contributed by atoms with van der Waals surface area (Å²) in [6, 6.07) is 0.533. The zero-order valence-corrected chi connectivity index (χ0v) is 11.0. The molecule has 1 aliphatic carbocycles. The van der Waals surface area contributed by atoms with Crippen molar-refractivity contribution in [3.63, 3.8) is 0 Å². The Hall–Kier alpha value is -1.32. The molecule has 1 aromatic heterocycles. The number of nitrogens with two attached hydrogens (primary N) is 1. The van der Waals surface area contributed by atoms with Gasteiger partial charge >= 0.3 is 0 Å². The van der Waals surface area contributed by atoms with E-state index in [0.717, 1.165) is 23.1 Å². The summed E-state index contributed by atoms with van der Waals surface area (Å²) in [6.07, 6.45) is 5.11. The topological polar surface area (TPSA) is 63.8 Å². The normalized spacial score (nSPS) is 24.6. The monoisotopic (exact) mass is 234 g/mol. The lowest BCUT2D eigenvalue weighted by molar-refractivity contribution is 0.358. The summed E-state index contributed by atoms with van der Waals surface area (Å²) in [7, 11) is 0. The van der Waals surface area contributed by atoms with Crippen molar-refractivity contribution < 1.29 is 0 Å². The predicted octanol–water partition coefficient (Wildman–Crippen LogP) is 2.67. The number of nitrogens with zero attached hydrogens (tertiary/aromatic N) is 2. The summed E-state index contributed by atoms with van der Waals surface area (Å²) in [6.45, 7) is 6.17. The molecule has 1 fully saturated rings. The van der Waals surface area contributed by atoms with Crippen LogP contribution in [0.25, 0.3) is 0 Å². The summed E-state index contributed by atoms with van der Waals surface area (Å²) >= 11 is 0. The number of aromatic nitrogens is 2. The van der Waals surface area contributed by atoms with Crippen LogP contribution in [0.5, 0.6) is 0 Å². The molecule has 1 aromatic rings. The van der Waals surface area contributed by atoms with Gasteiger partial charge in [0.25, 0.3) is 0 Å². The molecular weight excluding hydrogens is 212 g/mol. The number of rotatable bonds is 2. The van der Waals surface area contributed by atoms with E-state index in [1.54, 1.807) is 0 Å². The maximum atomic E-state index is 5.86. The second-order valence-electron chi connectivity index (χ2n) is 5.24. The minimum absolute atomic E-state index is 0.533. The van der Waals surface area contributed by atoms with E-state index in [-0.39, 0.29) is 0 Å². The third-order valence-electron chi connectivity index (χ3n) is 3.57. The third kappa shape index (κ3) is 2.87. The molecule has 1 saturated carbocycles. The van der Waals surface area contributed by atoms with Gasteiger partial charge in [0.1, 0.15) is 17.5 Å². The maximum absolute atomic E-state index is 5.86. The molecule has 4 nitrogen and oxygen atoms in total. The second kappa shape index (κ2) is 4.90. The van der Waals surface area contributed by atoms with Gasteiger partial charge in [0.05, 0.1) is 0 Å². The Morgan fingerprint density at radius 2 is 2.00 bits per heavy atom. The first kappa shape index (κ1) is 12.1. The fourth-order valence-corrected chi connectivity index (χ4v) is 2.55.